The van der Waals surface area contributed by atoms with Gasteiger partial charge in [0.15, 0.2) is 11.5 Å². The number of unbranched alkanes of at least 4 members (excludes halogenated alkanes) is 1. The number of hydrogen-bond acceptors (Lipinski definition) is 3. The van der Waals surface area contributed by atoms with Crippen LogP contribution in [0, 0.1) is 0 Å². The minimum absolute atomic E-state index is 0.606. The molecular formula is C16H26O3. The Labute approximate surface area is 116 Å². The maximum atomic E-state index is 5.69. The quantitative estimate of drug-likeness (QED) is 0.669. The number of aryl methyl sites for hydroxylation is 1. The van der Waals surface area contributed by atoms with Crippen LogP contribution >= 0.6 is 0 Å². The summed E-state index contributed by atoms with van der Waals surface area (Å²) in [5.41, 5.74) is 1.25. The highest BCUT2D eigenvalue weighted by Crippen LogP contribution is 2.39. The number of benzene rings is 1. The van der Waals surface area contributed by atoms with Crippen LogP contribution in [0.3, 0.4) is 0 Å². The molecule has 0 bridgehead atoms. The second kappa shape index (κ2) is 8.68. The SMILES string of the molecule is CCCCc1cc(OCC)c(OCC)c(OCC)c1. The number of rotatable bonds is 9. The van der Waals surface area contributed by atoms with Gasteiger partial charge in [0.1, 0.15) is 0 Å². The Hall–Kier alpha value is -1.38. The lowest BCUT2D eigenvalue weighted by atomic mass is 10.1. The molecule has 0 fully saturated rings. The first kappa shape index (κ1) is 15.7. The summed E-state index contributed by atoms with van der Waals surface area (Å²) in [6, 6.07) is 4.15. The van der Waals surface area contributed by atoms with E-state index in [1.807, 2.05) is 20.8 Å². The maximum absolute atomic E-state index is 5.69. The van der Waals surface area contributed by atoms with Crippen LogP contribution < -0.4 is 14.2 Å². The van der Waals surface area contributed by atoms with E-state index in [-0.39, 0.29) is 0 Å². The van der Waals surface area contributed by atoms with Crippen LogP contribution in [0.25, 0.3) is 0 Å². The van der Waals surface area contributed by atoms with Crippen molar-refractivity contribution in [1.82, 2.24) is 0 Å². The molecule has 0 aliphatic rings. The minimum atomic E-state index is 0.606. The summed E-state index contributed by atoms with van der Waals surface area (Å²) in [7, 11) is 0. The van der Waals surface area contributed by atoms with Crippen molar-refractivity contribution < 1.29 is 14.2 Å². The van der Waals surface area contributed by atoms with Gasteiger partial charge >= 0.3 is 0 Å². The van der Waals surface area contributed by atoms with Crippen molar-refractivity contribution >= 4 is 0 Å². The van der Waals surface area contributed by atoms with Gasteiger partial charge < -0.3 is 14.2 Å². The largest absolute Gasteiger partial charge is 0.490 e. The standard InChI is InChI=1S/C16H26O3/c1-5-9-10-13-11-14(17-6-2)16(19-8-4)15(12-13)18-7-3/h11-12H,5-10H2,1-4H3. The van der Waals surface area contributed by atoms with E-state index in [2.05, 4.69) is 19.1 Å². The highest BCUT2D eigenvalue weighted by molar-refractivity contribution is 5.54. The molecule has 1 aromatic rings. The van der Waals surface area contributed by atoms with Gasteiger partial charge in [-0.2, -0.15) is 0 Å². The highest BCUT2D eigenvalue weighted by Gasteiger charge is 2.14. The average molecular weight is 266 g/mol. The Morgan fingerprint density at radius 2 is 1.32 bits per heavy atom. The van der Waals surface area contributed by atoms with E-state index >= 15 is 0 Å². The monoisotopic (exact) mass is 266 g/mol. The Kier molecular flexibility index (Phi) is 7.16. The molecular weight excluding hydrogens is 240 g/mol. The van der Waals surface area contributed by atoms with Crippen molar-refractivity contribution in [2.45, 2.75) is 47.0 Å². The van der Waals surface area contributed by atoms with Crippen LogP contribution in [0.2, 0.25) is 0 Å². The van der Waals surface area contributed by atoms with E-state index in [1.165, 1.54) is 18.4 Å². The van der Waals surface area contributed by atoms with Crippen molar-refractivity contribution in [3.8, 4) is 17.2 Å². The van der Waals surface area contributed by atoms with Gasteiger partial charge in [-0.3, -0.25) is 0 Å². The summed E-state index contributed by atoms with van der Waals surface area (Å²) in [5, 5.41) is 0. The lowest BCUT2D eigenvalue weighted by Crippen LogP contribution is -2.03. The van der Waals surface area contributed by atoms with Gasteiger partial charge in [0.2, 0.25) is 5.75 Å². The van der Waals surface area contributed by atoms with E-state index < -0.39 is 0 Å². The van der Waals surface area contributed by atoms with E-state index in [0.29, 0.717) is 19.8 Å². The topological polar surface area (TPSA) is 27.7 Å². The lowest BCUT2D eigenvalue weighted by molar-refractivity contribution is 0.260. The molecule has 0 unspecified atom stereocenters. The molecule has 1 rings (SSSR count). The Balaban J connectivity index is 3.09. The lowest BCUT2D eigenvalue weighted by Gasteiger charge is -2.17. The van der Waals surface area contributed by atoms with E-state index in [0.717, 1.165) is 23.7 Å². The van der Waals surface area contributed by atoms with E-state index in [4.69, 9.17) is 14.2 Å². The summed E-state index contributed by atoms with van der Waals surface area (Å²) in [4.78, 5) is 0. The van der Waals surface area contributed by atoms with Gasteiger partial charge in [0.05, 0.1) is 19.8 Å². The first-order valence-electron chi connectivity index (χ1n) is 7.32. The molecule has 0 N–H and O–H groups in total. The molecule has 108 valence electrons. The van der Waals surface area contributed by atoms with Crippen LogP contribution in [0.15, 0.2) is 12.1 Å². The fraction of sp³-hybridized carbons (Fsp3) is 0.625. The zero-order valence-corrected chi connectivity index (χ0v) is 12.6. The van der Waals surface area contributed by atoms with Crippen LogP contribution in [0.1, 0.15) is 46.1 Å². The number of ether oxygens (including phenoxy) is 3. The van der Waals surface area contributed by atoms with E-state index in [1.54, 1.807) is 0 Å². The smallest absolute Gasteiger partial charge is 0.203 e. The number of hydrogen-bond donors (Lipinski definition) is 0. The van der Waals surface area contributed by atoms with Crippen molar-refractivity contribution in [2.75, 3.05) is 19.8 Å². The van der Waals surface area contributed by atoms with E-state index in [9.17, 15) is 0 Å². The fourth-order valence-electron chi connectivity index (χ4n) is 1.97. The third kappa shape index (κ3) is 4.66. The molecule has 3 heteroatoms. The van der Waals surface area contributed by atoms with Crippen LogP contribution in [-0.4, -0.2) is 19.8 Å². The molecule has 3 nitrogen and oxygen atoms in total. The zero-order chi connectivity index (χ0) is 14.1. The van der Waals surface area contributed by atoms with Crippen molar-refractivity contribution in [1.29, 1.82) is 0 Å². The molecule has 0 aliphatic carbocycles. The average Bonchev–Trinajstić information content (AvgIpc) is 2.40. The van der Waals surface area contributed by atoms with Crippen molar-refractivity contribution in [3.05, 3.63) is 17.7 Å². The fourth-order valence-corrected chi connectivity index (χ4v) is 1.97. The molecule has 0 spiro atoms. The zero-order valence-electron chi connectivity index (χ0n) is 12.6. The Bertz CT molecular complexity index is 347. The maximum Gasteiger partial charge on any atom is 0.203 e. The summed E-state index contributed by atoms with van der Waals surface area (Å²) in [6.07, 6.45) is 3.40. The second-order valence-corrected chi connectivity index (χ2v) is 4.32. The Morgan fingerprint density at radius 1 is 0.789 bits per heavy atom. The van der Waals surface area contributed by atoms with Crippen molar-refractivity contribution in [3.63, 3.8) is 0 Å². The predicted molar refractivity (Wildman–Crippen MR) is 78.6 cm³/mol. The molecule has 0 heterocycles. The van der Waals surface area contributed by atoms with Crippen LogP contribution in [0.5, 0.6) is 17.2 Å². The highest BCUT2D eigenvalue weighted by atomic mass is 16.5. The summed E-state index contributed by atoms with van der Waals surface area (Å²) in [6.45, 7) is 9.99. The predicted octanol–water partition coefficient (Wildman–Crippen LogP) is 4.23. The summed E-state index contributed by atoms with van der Waals surface area (Å²) >= 11 is 0. The second-order valence-electron chi connectivity index (χ2n) is 4.32. The normalized spacial score (nSPS) is 10.3. The van der Waals surface area contributed by atoms with Crippen LogP contribution in [0.4, 0.5) is 0 Å². The molecule has 0 atom stereocenters. The minimum Gasteiger partial charge on any atom is -0.490 e. The Morgan fingerprint density at radius 3 is 1.74 bits per heavy atom. The first-order chi connectivity index (χ1) is 9.26. The first-order valence-corrected chi connectivity index (χ1v) is 7.32. The van der Waals surface area contributed by atoms with Gasteiger partial charge in [-0.15, -0.1) is 0 Å². The van der Waals surface area contributed by atoms with Gasteiger partial charge in [-0.1, -0.05) is 13.3 Å². The van der Waals surface area contributed by atoms with Crippen LogP contribution in [-0.2, 0) is 6.42 Å². The summed E-state index contributed by atoms with van der Waals surface area (Å²) < 4.78 is 17.1. The molecule has 1 aromatic carbocycles. The molecule has 0 radical (unpaired) electrons. The van der Waals surface area contributed by atoms with Crippen molar-refractivity contribution in [2.24, 2.45) is 0 Å². The molecule has 19 heavy (non-hydrogen) atoms. The molecule has 0 aliphatic heterocycles. The van der Waals surface area contributed by atoms with Gasteiger partial charge in [0, 0.05) is 0 Å². The molecule has 0 amide bonds. The summed E-state index contributed by atoms with van der Waals surface area (Å²) in [5.74, 6) is 2.31. The van der Waals surface area contributed by atoms with Gasteiger partial charge in [-0.25, -0.2) is 0 Å². The van der Waals surface area contributed by atoms with Gasteiger partial charge in [-0.05, 0) is 51.3 Å². The molecule has 0 saturated carbocycles. The third-order valence-corrected chi connectivity index (χ3v) is 2.79. The molecule has 0 aromatic heterocycles. The third-order valence-electron chi connectivity index (χ3n) is 2.79. The molecule has 0 saturated heterocycles. The van der Waals surface area contributed by atoms with Gasteiger partial charge in [0.25, 0.3) is 0 Å².